The lowest BCUT2D eigenvalue weighted by atomic mass is 10.5. The van der Waals surface area contributed by atoms with Crippen LogP contribution in [0.15, 0.2) is 12.5 Å². The van der Waals surface area contributed by atoms with Crippen LogP contribution in [0.2, 0.25) is 0 Å². The molecular formula is C9H16N4O2S2. The van der Waals surface area contributed by atoms with Crippen LogP contribution in [0, 0.1) is 0 Å². The van der Waals surface area contributed by atoms with Crippen molar-refractivity contribution in [3.8, 4) is 0 Å². The molecule has 1 unspecified atom stereocenters. The van der Waals surface area contributed by atoms with Crippen LogP contribution in [0.1, 0.15) is 5.69 Å². The van der Waals surface area contributed by atoms with Crippen molar-refractivity contribution < 1.29 is 9.00 Å². The molecular weight excluding hydrogens is 260 g/mol. The van der Waals surface area contributed by atoms with Gasteiger partial charge in [0.1, 0.15) is 0 Å². The van der Waals surface area contributed by atoms with Gasteiger partial charge >= 0.3 is 6.03 Å². The minimum absolute atomic E-state index is 0.255. The molecule has 1 aromatic rings. The van der Waals surface area contributed by atoms with E-state index in [4.69, 9.17) is 0 Å². The molecule has 1 atom stereocenters. The summed E-state index contributed by atoms with van der Waals surface area (Å²) in [5.41, 5.74) is 0.928. The van der Waals surface area contributed by atoms with Gasteiger partial charge in [0, 0.05) is 48.3 Å². The van der Waals surface area contributed by atoms with Crippen LogP contribution in [-0.2, 0) is 23.6 Å². The molecule has 0 aliphatic heterocycles. The molecule has 1 heterocycles. The average molecular weight is 276 g/mol. The number of amides is 2. The highest BCUT2D eigenvalue weighted by Gasteiger charge is 2.06. The topological polar surface area (TPSA) is 76.0 Å². The number of imidazole rings is 1. The van der Waals surface area contributed by atoms with Gasteiger partial charge < -0.3 is 9.88 Å². The molecule has 2 amide bonds. The van der Waals surface area contributed by atoms with E-state index in [1.54, 1.807) is 18.8 Å². The summed E-state index contributed by atoms with van der Waals surface area (Å²) in [5.74, 6) is 0.898. The van der Waals surface area contributed by atoms with Crippen LogP contribution in [0.5, 0.6) is 0 Å². The Morgan fingerprint density at radius 3 is 3.00 bits per heavy atom. The molecule has 0 bridgehead atoms. The Hall–Kier alpha value is -1.02. The lowest BCUT2D eigenvalue weighted by molar-refractivity contribution is 0.247. The van der Waals surface area contributed by atoms with Crippen molar-refractivity contribution in [2.24, 2.45) is 7.05 Å². The quantitative estimate of drug-likeness (QED) is 0.730. The Morgan fingerprint density at radius 2 is 2.41 bits per heavy atom. The maximum atomic E-state index is 11.7. The minimum atomic E-state index is -0.990. The smallest absolute Gasteiger partial charge is 0.324 e. The maximum Gasteiger partial charge on any atom is 0.324 e. The molecule has 0 aliphatic carbocycles. The number of urea groups is 1. The maximum absolute atomic E-state index is 11.7. The zero-order valence-electron chi connectivity index (χ0n) is 9.80. The van der Waals surface area contributed by atoms with Gasteiger partial charge in [-0.05, 0) is 0 Å². The highest BCUT2D eigenvalue weighted by atomic mass is 32.2. The number of carbonyl (C=O) groups is 1. The molecule has 2 N–H and O–H groups in total. The second-order valence-electron chi connectivity index (χ2n) is 3.35. The average Bonchev–Trinajstić information content (AvgIpc) is 2.65. The third kappa shape index (κ3) is 5.22. The summed E-state index contributed by atoms with van der Waals surface area (Å²) in [4.78, 5) is 15.0. The van der Waals surface area contributed by atoms with E-state index < -0.39 is 10.8 Å². The van der Waals surface area contributed by atoms with E-state index in [1.165, 1.54) is 11.9 Å². The third-order valence-corrected chi connectivity index (χ3v) is 3.70. The van der Waals surface area contributed by atoms with Crippen LogP contribution >= 0.6 is 11.9 Å². The first-order valence-electron chi connectivity index (χ1n) is 5.00. The number of rotatable bonds is 6. The summed E-state index contributed by atoms with van der Waals surface area (Å²) in [6.07, 6.45) is 5.14. The second kappa shape index (κ2) is 7.33. The van der Waals surface area contributed by atoms with Crippen LogP contribution in [0.25, 0.3) is 0 Å². The van der Waals surface area contributed by atoms with E-state index >= 15 is 0 Å². The van der Waals surface area contributed by atoms with Crippen molar-refractivity contribution in [1.29, 1.82) is 0 Å². The highest BCUT2D eigenvalue weighted by Crippen LogP contribution is 2.00. The fraction of sp³-hybridized carbons (Fsp3) is 0.556. The van der Waals surface area contributed by atoms with E-state index in [0.29, 0.717) is 18.1 Å². The SMILES string of the molecule is CSNC(=O)NCCS(=O)Cc1cncn1C. The van der Waals surface area contributed by atoms with Crippen LogP contribution in [-0.4, -0.2) is 38.3 Å². The van der Waals surface area contributed by atoms with Crippen molar-refractivity contribution in [2.75, 3.05) is 18.6 Å². The predicted molar refractivity (Wildman–Crippen MR) is 70.0 cm³/mol. The van der Waals surface area contributed by atoms with Gasteiger partial charge in [0.2, 0.25) is 0 Å². The van der Waals surface area contributed by atoms with Crippen LogP contribution in [0.3, 0.4) is 0 Å². The molecule has 0 aliphatic rings. The molecule has 0 aromatic carbocycles. The summed E-state index contributed by atoms with van der Waals surface area (Å²) in [6, 6.07) is -0.255. The molecule has 0 saturated heterocycles. The van der Waals surface area contributed by atoms with Gasteiger partial charge in [-0.2, -0.15) is 0 Å². The predicted octanol–water partition coefficient (Wildman–Crippen LogP) is 0.246. The number of aromatic nitrogens is 2. The molecule has 17 heavy (non-hydrogen) atoms. The van der Waals surface area contributed by atoms with Crippen molar-refractivity contribution in [1.82, 2.24) is 19.6 Å². The number of nitrogens with zero attached hydrogens (tertiary/aromatic N) is 2. The first kappa shape index (κ1) is 14.0. The first-order chi connectivity index (χ1) is 8.13. The fourth-order valence-electron chi connectivity index (χ4n) is 1.17. The van der Waals surface area contributed by atoms with Gasteiger partial charge in [-0.3, -0.25) is 8.93 Å². The summed E-state index contributed by atoms with van der Waals surface area (Å²) >= 11 is 1.22. The van der Waals surface area contributed by atoms with Gasteiger partial charge in [-0.15, -0.1) is 0 Å². The molecule has 1 aromatic heterocycles. The molecule has 0 radical (unpaired) electrons. The molecule has 1 rings (SSSR count). The highest BCUT2D eigenvalue weighted by molar-refractivity contribution is 7.97. The molecule has 0 saturated carbocycles. The molecule has 0 fully saturated rings. The van der Waals surface area contributed by atoms with Crippen molar-refractivity contribution in [2.45, 2.75) is 5.75 Å². The molecule has 96 valence electrons. The van der Waals surface area contributed by atoms with E-state index in [-0.39, 0.29) is 6.03 Å². The van der Waals surface area contributed by atoms with Gasteiger partial charge in [-0.25, -0.2) is 9.78 Å². The number of hydrogen-bond acceptors (Lipinski definition) is 4. The number of hydrogen-bond donors (Lipinski definition) is 2. The fourth-order valence-corrected chi connectivity index (χ4v) is 2.51. The number of nitrogens with one attached hydrogen (secondary N) is 2. The standard InChI is InChI=1S/C9H16N4O2S2/c1-13-7-10-5-8(13)6-17(15)4-3-11-9(14)12-16-2/h5,7H,3-4,6H2,1-2H3,(H2,11,12,14). The number of aryl methyl sites for hydroxylation is 1. The monoisotopic (exact) mass is 276 g/mol. The van der Waals surface area contributed by atoms with E-state index in [9.17, 15) is 9.00 Å². The Labute approximate surface area is 107 Å². The van der Waals surface area contributed by atoms with Crippen molar-refractivity contribution >= 4 is 28.8 Å². The van der Waals surface area contributed by atoms with Crippen molar-refractivity contribution in [3.05, 3.63) is 18.2 Å². The van der Waals surface area contributed by atoms with Crippen LogP contribution in [0.4, 0.5) is 4.79 Å². The molecule has 6 nitrogen and oxygen atoms in total. The lowest BCUT2D eigenvalue weighted by Crippen LogP contribution is -2.34. The Bertz CT molecular complexity index is 394. The lowest BCUT2D eigenvalue weighted by Gasteiger charge is -2.05. The van der Waals surface area contributed by atoms with Gasteiger partial charge in [0.25, 0.3) is 0 Å². The Balaban J connectivity index is 2.22. The Kier molecular flexibility index (Phi) is 6.06. The zero-order chi connectivity index (χ0) is 12.7. The molecule has 8 heteroatoms. The Morgan fingerprint density at radius 1 is 1.65 bits per heavy atom. The normalized spacial score (nSPS) is 12.1. The summed E-state index contributed by atoms with van der Waals surface area (Å²) in [6.45, 7) is 0.400. The van der Waals surface area contributed by atoms with Gasteiger partial charge in [-0.1, -0.05) is 11.9 Å². The van der Waals surface area contributed by atoms with Crippen LogP contribution < -0.4 is 10.0 Å². The first-order valence-corrected chi connectivity index (χ1v) is 7.71. The summed E-state index contributed by atoms with van der Waals surface area (Å²) in [5, 5.41) is 2.62. The second-order valence-corrected chi connectivity index (χ2v) is 5.54. The summed E-state index contributed by atoms with van der Waals surface area (Å²) in [7, 11) is 0.875. The zero-order valence-corrected chi connectivity index (χ0v) is 11.4. The van der Waals surface area contributed by atoms with E-state index in [1.807, 2.05) is 11.6 Å². The largest absolute Gasteiger partial charge is 0.337 e. The molecule has 0 spiro atoms. The third-order valence-electron chi connectivity index (χ3n) is 2.04. The van der Waals surface area contributed by atoms with Crippen molar-refractivity contribution in [3.63, 3.8) is 0 Å². The minimum Gasteiger partial charge on any atom is -0.337 e. The van der Waals surface area contributed by atoms with E-state index in [2.05, 4.69) is 15.0 Å². The van der Waals surface area contributed by atoms with Gasteiger partial charge in [0.15, 0.2) is 0 Å². The summed E-state index contributed by atoms with van der Waals surface area (Å²) < 4.78 is 16.1. The number of carbonyl (C=O) groups excluding carboxylic acids is 1. The van der Waals surface area contributed by atoms with E-state index in [0.717, 1.165) is 5.69 Å². The van der Waals surface area contributed by atoms with Gasteiger partial charge in [0.05, 0.1) is 12.1 Å².